The van der Waals surface area contributed by atoms with E-state index in [1.54, 1.807) is 4.90 Å². The van der Waals surface area contributed by atoms with E-state index in [-0.39, 0.29) is 31.6 Å². The molecule has 0 spiro atoms. The van der Waals surface area contributed by atoms with Crippen molar-refractivity contribution >= 4 is 17.9 Å². The van der Waals surface area contributed by atoms with Gasteiger partial charge in [-0.2, -0.15) is 0 Å². The van der Waals surface area contributed by atoms with Crippen LogP contribution in [0.15, 0.2) is 30.3 Å². The van der Waals surface area contributed by atoms with E-state index in [1.165, 1.54) is 4.90 Å². The molecule has 3 amide bonds. The number of fused-ring (bicyclic) bond motifs is 1. The molecular weight excluding hydrogens is 322 g/mol. The Bertz CT molecular complexity index is 678. The lowest BCUT2D eigenvalue weighted by Crippen LogP contribution is -2.45. The zero-order chi connectivity index (χ0) is 18.0. The highest BCUT2D eigenvalue weighted by Crippen LogP contribution is 2.43. The molecule has 7 nitrogen and oxygen atoms in total. The smallest absolute Gasteiger partial charge is 0.317 e. The SMILES string of the molecule is CCN1C[C@@]2(C(=O)O)CN(C(=O)NCCc3ccccc3)C[C@H]2C1=O. The average molecular weight is 345 g/mol. The Kier molecular flexibility index (Phi) is 4.65. The first kappa shape index (κ1) is 17.3. The fraction of sp³-hybridized carbons (Fsp3) is 0.500. The van der Waals surface area contributed by atoms with Crippen LogP contribution in [0, 0.1) is 11.3 Å². The molecule has 0 saturated carbocycles. The predicted molar refractivity (Wildman–Crippen MR) is 90.9 cm³/mol. The minimum absolute atomic E-state index is 0.0758. The van der Waals surface area contributed by atoms with Crippen LogP contribution in [0.5, 0.6) is 0 Å². The number of amides is 3. The number of benzene rings is 1. The van der Waals surface area contributed by atoms with Gasteiger partial charge in [0.15, 0.2) is 0 Å². The van der Waals surface area contributed by atoms with Crippen LogP contribution in [-0.4, -0.2) is 65.5 Å². The second-order valence-electron chi connectivity index (χ2n) is 6.71. The number of carboxylic acids is 1. The summed E-state index contributed by atoms with van der Waals surface area (Å²) >= 11 is 0. The number of rotatable bonds is 5. The Labute approximate surface area is 146 Å². The van der Waals surface area contributed by atoms with E-state index >= 15 is 0 Å². The third kappa shape index (κ3) is 3.06. The van der Waals surface area contributed by atoms with E-state index in [9.17, 15) is 19.5 Å². The zero-order valence-corrected chi connectivity index (χ0v) is 14.3. The summed E-state index contributed by atoms with van der Waals surface area (Å²) in [5.74, 6) is -1.81. The number of nitrogens with zero attached hydrogens (tertiary/aromatic N) is 2. The molecule has 1 aromatic carbocycles. The molecule has 2 aliphatic rings. The van der Waals surface area contributed by atoms with Gasteiger partial charge in [-0.25, -0.2) is 4.79 Å². The Morgan fingerprint density at radius 1 is 1.28 bits per heavy atom. The van der Waals surface area contributed by atoms with Gasteiger partial charge < -0.3 is 20.2 Å². The molecule has 3 rings (SSSR count). The maximum atomic E-state index is 12.4. The second-order valence-corrected chi connectivity index (χ2v) is 6.71. The number of hydrogen-bond donors (Lipinski definition) is 2. The largest absolute Gasteiger partial charge is 0.481 e. The van der Waals surface area contributed by atoms with Crippen molar-refractivity contribution in [2.45, 2.75) is 13.3 Å². The Morgan fingerprint density at radius 3 is 2.60 bits per heavy atom. The number of nitrogens with one attached hydrogen (secondary N) is 1. The molecule has 2 heterocycles. The van der Waals surface area contributed by atoms with Gasteiger partial charge in [-0.3, -0.25) is 9.59 Å². The highest BCUT2D eigenvalue weighted by molar-refractivity contribution is 5.93. The third-order valence-corrected chi connectivity index (χ3v) is 5.25. The summed E-state index contributed by atoms with van der Waals surface area (Å²) in [6.45, 7) is 3.22. The zero-order valence-electron chi connectivity index (χ0n) is 14.3. The quantitative estimate of drug-likeness (QED) is 0.826. The van der Waals surface area contributed by atoms with Gasteiger partial charge in [-0.1, -0.05) is 30.3 Å². The number of carboxylic acid groups (broad SMARTS) is 1. The summed E-state index contributed by atoms with van der Waals surface area (Å²) in [7, 11) is 0. The summed E-state index contributed by atoms with van der Waals surface area (Å²) in [5, 5.41) is 12.5. The van der Waals surface area contributed by atoms with Crippen molar-refractivity contribution in [2.24, 2.45) is 11.3 Å². The number of hydrogen-bond acceptors (Lipinski definition) is 3. The van der Waals surface area contributed by atoms with Crippen molar-refractivity contribution in [1.29, 1.82) is 0 Å². The van der Waals surface area contributed by atoms with Crippen molar-refractivity contribution in [1.82, 2.24) is 15.1 Å². The Morgan fingerprint density at radius 2 is 2.00 bits per heavy atom. The van der Waals surface area contributed by atoms with E-state index in [0.29, 0.717) is 19.5 Å². The second kappa shape index (κ2) is 6.74. The molecule has 134 valence electrons. The van der Waals surface area contributed by atoms with Crippen LogP contribution < -0.4 is 5.32 Å². The van der Waals surface area contributed by atoms with Gasteiger partial charge in [0.25, 0.3) is 0 Å². The Hall–Kier alpha value is -2.57. The number of likely N-dealkylation sites (tertiary alicyclic amines) is 2. The van der Waals surface area contributed by atoms with Crippen LogP contribution in [0.2, 0.25) is 0 Å². The summed E-state index contributed by atoms with van der Waals surface area (Å²) in [6.07, 6.45) is 0.705. The molecular formula is C18H23N3O4. The van der Waals surface area contributed by atoms with Crippen LogP contribution in [0.25, 0.3) is 0 Å². The minimum atomic E-state index is -1.18. The van der Waals surface area contributed by atoms with Crippen LogP contribution in [0.4, 0.5) is 4.79 Å². The minimum Gasteiger partial charge on any atom is -0.481 e. The van der Waals surface area contributed by atoms with Crippen LogP contribution in [0.3, 0.4) is 0 Å². The van der Waals surface area contributed by atoms with Gasteiger partial charge in [0.1, 0.15) is 5.41 Å². The molecule has 2 fully saturated rings. The highest BCUT2D eigenvalue weighted by Gasteiger charge is 2.62. The molecule has 2 atom stereocenters. The molecule has 0 unspecified atom stereocenters. The van der Waals surface area contributed by atoms with Gasteiger partial charge >= 0.3 is 12.0 Å². The van der Waals surface area contributed by atoms with Gasteiger partial charge in [0.05, 0.1) is 5.92 Å². The molecule has 1 aromatic rings. The lowest BCUT2D eigenvalue weighted by atomic mass is 9.81. The molecule has 2 saturated heterocycles. The first-order valence-corrected chi connectivity index (χ1v) is 8.57. The fourth-order valence-electron chi connectivity index (χ4n) is 3.80. The van der Waals surface area contributed by atoms with Crippen molar-refractivity contribution in [3.8, 4) is 0 Å². The standard InChI is InChI=1S/C18H23N3O4/c1-2-20-11-18(16(23)24)12-21(10-14(18)15(20)22)17(25)19-9-8-13-6-4-3-5-7-13/h3-7,14H,2,8-12H2,1H3,(H,19,25)(H,23,24)/t14-,18+/m0/s1. The van der Waals surface area contributed by atoms with Gasteiger partial charge in [-0.15, -0.1) is 0 Å². The number of aliphatic carboxylic acids is 1. The molecule has 0 radical (unpaired) electrons. The first-order chi connectivity index (χ1) is 12.0. The van der Waals surface area contributed by atoms with Crippen molar-refractivity contribution in [3.05, 3.63) is 35.9 Å². The van der Waals surface area contributed by atoms with Gasteiger partial charge in [0.2, 0.25) is 5.91 Å². The van der Waals surface area contributed by atoms with Crippen LogP contribution in [-0.2, 0) is 16.0 Å². The predicted octanol–water partition coefficient (Wildman–Crippen LogP) is 0.804. The number of carbonyl (C=O) groups is 3. The first-order valence-electron chi connectivity index (χ1n) is 8.57. The number of carbonyl (C=O) groups excluding carboxylic acids is 2. The van der Waals surface area contributed by atoms with E-state index < -0.39 is 17.3 Å². The summed E-state index contributed by atoms with van der Waals surface area (Å²) in [5.41, 5.74) is -0.0546. The summed E-state index contributed by atoms with van der Waals surface area (Å²) in [4.78, 5) is 39.7. The monoisotopic (exact) mass is 345 g/mol. The van der Waals surface area contributed by atoms with Crippen LogP contribution in [0.1, 0.15) is 12.5 Å². The van der Waals surface area contributed by atoms with Crippen molar-refractivity contribution in [3.63, 3.8) is 0 Å². The van der Waals surface area contributed by atoms with Crippen molar-refractivity contribution < 1.29 is 19.5 Å². The lowest BCUT2D eigenvalue weighted by molar-refractivity contribution is -0.149. The van der Waals surface area contributed by atoms with Crippen molar-refractivity contribution in [2.75, 3.05) is 32.7 Å². The lowest BCUT2D eigenvalue weighted by Gasteiger charge is -2.24. The van der Waals surface area contributed by atoms with E-state index in [1.807, 2.05) is 37.3 Å². The Balaban J connectivity index is 1.60. The molecule has 7 heteroatoms. The number of urea groups is 1. The third-order valence-electron chi connectivity index (χ3n) is 5.25. The highest BCUT2D eigenvalue weighted by atomic mass is 16.4. The van der Waals surface area contributed by atoms with E-state index in [4.69, 9.17) is 0 Å². The summed E-state index contributed by atoms with van der Waals surface area (Å²) < 4.78 is 0. The van der Waals surface area contributed by atoms with Gasteiger partial charge in [-0.05, 0) is 18.9 Å². The van der Waals surface area contributed by atoms with E-state index in [0.717, 1.165) is 5.56 Å². The molecule has 0 bridgehead atoms. The molecule has 2 N–H and O–H groups in total. The van der Waals surface area contributed by atoms with Gasteiger partial charge in [0, 0.05) is 32.7 Å². The maximum Gasteiger partial charge on any atom is 0.317 e. The average Bonchev–Trinajstić information content (AvgIpc) is 3.12. The molecule has 25 heavy (non-hydrogen) atoms. The topological polar surface area (TPSA) is 90.0 Å². The molecule has 2 aliphatic heterocycles. The molecule has 0 aromatic heterocycles. The normalized spacial score (nSPS) is 25.2. The fourth-order valence-corrected chi connectivity index (χ4v) is 3.80. The summed E-state index contributed by atoms with van der Waals surface area (Å²) in [6, 6.07) is 9.50. The maximum absolute atomic E-state index is 12.4. The van der Waals surface area contributed by atoms with E-state index in [2.05, 4.69) is 5.32 Å². The molecule has 0 aliphatic carbocycles. The van der Waals surface area contributed by atoms with Crippen LogP contribution >= 0.6 is 0 Å².